The van der Waals surface area contributed by atoms with E-state index in [0.29, 0.717) is 6.04 Å². The fraction of sp³-hybridized carbons (Fsp3) is 0.286. The van der Waals surface area contributed by atoms with E-state index in [1.54, 1.807) is 12.4 Å². The number of benzene rings is 1. The topological polar surface area (TPSA) is 67.9 Å². The van der Waals surface area contributed by atoms with E-state index in [2.05, 4.69) is 47.1 Å². The van der Waals surface area contributed by atoms with Crippen molar-refractivity contribution in [3.05, 3.63) is 60.4 Å². The molecule has 5 heteroatoms. The Hall–Kier alpha value is -2.79. The molecule has 0 amide bonds. The van der Waals surface area contributed by atoms with Crippen molar-refractivity contribution in [3.8, 4) is 22.6 Å². The Morgan fingerprint density at radius 3 is 2.31 bits per heavy atom. The molecule has 1 aliphatic rings. The molecule has 132 valence electrons. The molecule has 0 aliphatic carbocycles. The van der Waals surface area contributed by atoms with Gasteiger partial charge in [0.15, 0.2) is 5.82 Å². The minimum absolute atomic E-state index is 0.296. The average Bonchev–Trinajstić information content (AvgIpc) is 2.69. The lowest BCUT2D eigenvalue weighted by molar-refractivity contribution is 0.498. The summed E-state index contributed by atoms with van der Waals surface area (Å²) in [5, 5.41) is 0. The standard InChI is InChI=1S/C21H23N5/c1-15-2-4-17(5-3-15)21-24-19(16-6-10-23-11-7-16)14-20(25-21)26-12-8-18(22)9-13-26/h2-7,10-11,14,18H,8-9,12-13,22H2,1H3. The molecule has 0 atom stereocenters. The molecule has 0 radical (unpaired) electrons. The van der Waals surface area contributed by atoms with Gasteiger partial charge in [0.25, 0.3) is 0 Å². The number of pyridine rings is 1. The fourth-order valence-electron chi connectivity index (χ4n) is 3.23. The van der Waals surface area contributed by atoms with Crippen molar-refractivity contribution < 1.29 is 0 Å². The number of hydrogen-bond donors (Lipinski definition) is 1. The number of hydrogen-bond acceptors (Lipinski definition) is 5. The lowest BCUT2D eigenvalue weighted by Crippen LogP contribution is -2.40. The van der Waals surface area contributed by atoms with E-state index in [1.165, 1.54) is 5.56 Å². The second-order valence-corrected chi connectivity index (χ2v) is 6.86. The summed E-state index contributed by atoms with van der Waals surface area (Å²) in [6.45, 7) is 3.95. The number of rotatable bonds is 3. The molecule has 3 heterocycles. The highest BCUT2D eigenvalue weighted by Crippen LogP contribution is 2.27. The van der Waals surface area contributed by atoms with Crippen LogP contribution in [0.2, 0.25) is 0 Å². The molecular formula is C21H23N5. The zero-order chi connectivity index (χ0) is 17.9. The summed E-state index contributed by atoms with van der Waals surface area (Å²) in [6.07, 6.45) is 5.58. The van der Waals surface area contributed by atoms with Crippen LogP contribution in [0.1, 0.15) is 18.4 Å². The third-order valence-corrected chi connectivity index (χ3v) is 4.86. The number of piperidine rings is 1. The summed E-state index contributed by atoms with van der Waals surface area (Å²) >= 11 is 0. The van der Waals surface area contributed by atoms with Crippen LogP contribution >= 0.6 is 0 Å². The van der Waals surface area contributed by atoms with Crippen molar-refractivity contribution >= 4 is 5.82 Å². The smallest absolute Gasteiger partial charge is 0.162 e. The monoisotopic (exact) mass is 345 g/mol. The van der Waals surface area contributed by atoms with Gasteiger partial charge in [0.2, 0.25) is 0 Å². The van der Waals surface area contributed by atoms with Gasteiger partial charge in [0.05, 0.1) is 5.69 Å². The van der Waals surface area contributed by atoms with Crippen molar-refractivity contribution in [1.82, 2.24) is 15.0 Å². The number of anilines is 1. The highest BCUT2D eigenvalue weighted by atomic mass is 15.2. The Balaban J connectivity index is 1.78. The predicted octanol–water partition coefficient (Wildman–Crippen LogP) is 3.44. The molecule has 0 bridgehead atoms. The highest BCUT2D eigenvalue weighted by Gasteiger charge is 2.19. The molecule has 0 spiro atoms. The lowest BCUT2D eigenvalue weighted by atomic mass is 10.1. The van der Waals surface area contributed by atoms with Gasteiger partial charge in [-0.1, -0.05) is 29.8 Å². The minimum Gasteiger partial charge on any atom is -0.356 e. The van der Waals surface area contributed by atoms with Gasteiger partial charge in [-0.25, -0.2) is 9.97 Å². The molecule has 5 nitrogen and oxygen atoms in total. The van der Waals surface area contributed by atoms with E-state index < -0.39 is 0 Å². The van der Waals surface area contributed by atoms with Crippen LogP contribution in [0.15, 0.2) is 54.9 Å². The SMILES string of the molecule is Cc1ccc(-c2nc(-c3ccncc3)cc(N3CCC(N)CC3)n2)cc1. The quantitative estimate of drug-likeness (QED) is 0.787. The van der Waals surface area contributed by atoms with Crippen LogP contribution in [0.3, 0.4) is 0 Å². The molecule has 4 rings (SSSR count). The van der Waals surface area contributed by atoms with Crippen LogP contribution in [0.4, 0.5) is 5.82 Å². The maximum absolute atomic E-state index is 6.06. The molecule has 0 unspecified atom stereocenters. The first-order chi connectivity index (χ1) is 12.7. The third kappa shape index (κ3) is 3.58. The predicted molar refractivity (Wildman–Crippen MR) is 105 cm³/mol. The molecule has 3 aromatic rings. The van der Waals surface area contributed by atoms with E-state index in [0.717, 1.165) is 54.4 Å². The summed E-state index contributed by atoms with van der Waals surface area (Å²) in [5.41, 5.74) is 10.3. The number of nitrogens with zero attached hydrogens (tertiary/aromatic N) is 4. The summed E-state index contributed by atoms with van der Waals surface area (Å²) in [6, 6.07) is 14.7. The summed E-state index contributed by atoms with van der Waals surface area (Å²) in [7, 11) is 0. The van der Waals surface area contributed by atoms with E-state index in [9.17, 15) is 0 Å². The van der Waals surface area contributed by atoms with Crippen LogP contribution < -0.4 is 10.6 Å². The van der Waals surface area contributed by atoms with Gasteiger partial charge in [-0.3, -0.25) is 4.98 Å². The number of aromatic nitrogens is 3. The Bertz CT molecular complexity index is 869. The normalized spacial score (nSPS) is 15.2. The Morgan fingerprint density at radius 2 is 1.62 bits per heavy atom. The second kappa shape index (κ2) is 7.22. The van der Waals surface area contributed by atoms with E-state index in [4.69, 9.17) is 15.7 Å². The van der Waals surface area contributed by atoms with Gasteiger partial charge in [-0.15, -0.1) is 0 Å². The molecule has 26 heavy (non-hydrogen) atoms. The van der Waals surface area contributed by atoms with Crippen LogP contribution in [-0.4, -0.2) is 34.1 Å². The van der Waals surface area contributed by atoms with Crippen molar-refractivity contribution in [2.45, 2.75) is 25.8 Å². The summed E-state index contributed by atoms with van der Waals surface area (Å²) < 4.78 is 0. The Labute approximate surface area is 153 Å². The van der Waals surface area contributed by atoms with Crippen LogP contribution in [0, 0.1) is 6.92 Å². The molecule has 1 aromatic carbocycles. The van der Waals surface area contributed by atoms with Crippen LogP contribution in [0.25, 0.3) is 22.6 Å². The average molecular weight is 345 g/mol. The zero-order valence-corrected chi connectivity index (χ0v) is 15.0. The van der Waals surface area contributed by atoms with Gasteiger partial charge < -0.3 is 10.6 Å². The maximum Gasteiger partial charge on any atom is 0.162 e. The first-order valence-electron chi connectivity index (χ1n) is 9.06. The molecule has 0 saturated carbocycles. The molecular weight excluding hydrogens is 322 g/mol. The fourth-order valence-corrected chi connectivity index (χ4v) is 3.23. The van der Waals surface area contributed by atoms with E-state index >= 15 is 0 Å². The number of aryl methyl sites for hydroxylation is 1. The molecule has 2 aromatic heterocycles. The van der Waals surface area contributed by atoms with Crippen LogP contribution in [0.5, 0.6) is 0 Å². The largest absolute Gasteiger partial charge is 0.356 e. The summed E-state index contributed by atoms with van der Waals surface area (Å²) in [4.78, 5) is 16.1. The second-order valence-electron chi connectivity index (χ2n) is 6.86. The Morgan fingerprint density at radius 1 is 0.923 bits per heavy atom. The van der Waals surface area contributed by atoms with Gasteiger partial charge >= 0.3 is 0 Å². The lowest BCUT2D eigenvalue weighted by Gasteiger charge is -2.31. The zero-order valence-electron chi connectivity index (χ0n) is 15.0. The third-order valence-electron chi connectivity index (χ3n) is 4.86. The van der Waals surface area contributed by atoms with Crippen LogP contribution in [-0.2, 0) is 0 Å². The van der Waals surface area contributed by atoms with Crippen molar-refractivity contribution in [2.24, 2.45) is 5.73 Å². The summed E-state index contributed by atoms with van der Waals surface area (Å²) in [5.74, 6) is 1.72. The van der Waals surface area contributed by atoms with Gasteiger partial charge in [0, 0.05) is 48.7 Å². The molecule has 1 aliphatic heterocycles. The van der Waals surface area contributed by atoms with Crippen molar-refractivity contribution in [2.75, 3.05) is 18.0 Å². The first-order valence-corrected chi connectivity index (χ1v) is 9.06. The van der Waals surface area contributed by atoms with Crippen molar-refractivity contribution in [1.29, 1.82) is 0 Å². The molecule has 1 saturated heterocycles. The Kier molecular flexibility index (Phi) is 4.63. The highest BCUT2D eigenvalue weighted by molar-refractivity contribution is 5.67. The van der Waals surface area contributed by atoms with Gasteiger partial charge in [0.1, 0.15) is 5.82 Å². The van der Waals surface area contributed by atoms with E-state index in [1.807, 2.05) is 12.1 Å². The van der Waals surface area contributed by atoms with E-state index in [-0.39, 0.29) is 0 Å². The van der Waals surface area contributed by atoms with Crippen molar-refractivity contribution in [3.63, 3.8) is 0 Å². The van der Waals surface area contributed by atoms with Gasteiger partial charge in [-0.2, -0.15) is 0 Å². The molecule has 2 N–H and O–H groups in total. The first kappa shape index (κ1) is 16.7. The number of nitrogens with two attached hydrogens (primary N) is 1. The van der Waals surface area contributed by atoms with Gasteiger partial charge in [-0.05, 0) is 31.9 Å². The maximum atomic E-state index is 6.06. The molecule has 1 fully saturated rings. The minimum atomic E-state index is 0.296.